The third kappa shape index (κ3) is 4.68. The number of sulfone groups is 1. The summed E-state index contributed by atoms with van der Waals surface area (Å²) >= 11 is 5.94. The third-order valence-electron chi connectivity index (χ3n) is 3.65. The van der Waals surface area contributed by atoms with E-state index in [1.165, 1.54) is 18.2 Å². The van der Waals surface area contributed by atoms with Gasteiger partial charge in [0.1, 0.15) is 6.10 Å². The number of hydrogen-bond donors (Lipinski definition) is 1. The van der Waals surface area contributed by atoms with Crippen molar-refractivity contribution in [1.29, 1.82) is 0 Å². The number of benzene rings is 1. The molecule has 1 fully saturated rings. The van der Waals surface area contributed by atoms with Crippen molar-refractivity contribution in [3.8, 4) is 0 Å². The number of aliphatic carboxylic acids is 1. The van der Waals surface area contributed by atoms with Crippen LogP contribution in [-0.2, 0) is 19.5 Å². The molecule has 1 aromatic carbocycles. The molecule has 6 nitrogen and oxygen atoms in total. The molecule has 1 aliphatic carbocycles. The molecule has 1 aromatic rings. The van der Waals surface area contributed by atoms with Gasteiger partial charge in [-0.05, 0) is 37.8 Å². The van der Waals surface area contributed by atoms with E-state index in [1.807, 2.05) is 0 Å². The van der Waals surface area contributed by atoms with Crippen LogP contribution in [0.25, 0.3) is 0 Å². The molecule has 1 N–H and O–H groups in total. The van der Waals surface area contributed by atoms with Crippen LogP contribution < -0.4 is 0 Å². The summed E-state index contributed by atoms with van der Waals surface area (Å²) in [5, 5.41) is 13.0. The van der Waals surface area contributed by atoms with E-state index in [0.717, 1.165) is 38.4 Å². The van der Waals surface area contributed by atoms with Gasteiger partial charge in [-0.3, -0.25) is 0 Å². The van der Waals surface area contributed by atoms with E-state index in [-0.39, 0.29) is 27.3 Å². The van der Waals surface area contributed by atoms with E-state index in [9.17, 15) is 18.3 Å². The zero-order chi connectivity index (χ0) is 17.0. The van der Waals surface area contributed by atoms with Gasteiger partial charge < -0.3 is 9.94 Å². The topological polar surface area (TPSA) is 93.0 Å². The van der Waals surface area contributed by atoms with Gasteiger partial charge in [0.05, 0.1) is 9.92 Å². The van der Waals surface area contributed by atoms with Crippen LogP contribution in [-0.4, -0.2) is 37.6 Å². The molecular formula is C15H18ClNO5S. The summed E-state index contributed by atoms with van der Waals surface area (Å²) < 4.78 is 23.1. The SMILES string of the molecule is CS(=O)(=O)c1ccc(/C(=N/OC2CCCCC2)C(=O)O)cc1Cl. The van der Waals surface area contributed by atoms with Crippen molar-refractivity contribution in [3.63, 3.8) is 0 Å². The van der Waals surface area contributed by atoms with Crippen LogP contribution in [0.5, 0.6) is 0 Å². The molecule has 0 heterocycles. The smallest absolute Gasteiger partial charge is 0.358 e. The highest BCUT2D eigenvalue weighted by molar-refractivity contribution is 7.90. The van der Waals surface area contributed by atoms with Crippen LogP contribution in [0.1, 0.15) is 37.7 Å². The van der Waals surface area contributed by atoms with Crippen molar-refractivity contribution < 1.29 is 23.2 Å². The van der Waals surface area contributed by atoms with Crippen LogP contribution >= 0.6 is 11.6 Å². The van der Waals surface area contributed by atoms with Crippen molar-refractivity contribution in [3.05, 3.63) is 28.8 Å². The normalized spacial score (nSPS) is 17.0. The van der Waals surface area contributed by atoms with E-state index >= 15 is 0 Å². The Hall–Kier alpha value is -1.60. The van der Waals surface area contributed by atoms with Crippen LogP contribution in [0.15, 0.2) is 28.3 Å². The number of carboxylic acids is 1. The molecule has 0 aromatic heterocycles. The second-order valence-corrected chi connectivity index (χ2v) is 7.92. The Balaban J connectivity index is 2.27. The van der Waals surface area contributed by atoms with Gasteiger partial charge in [-0.25, -0.2) is 13.2 Å². The van der Waals surface area contributed by atoms with Crippen LogP contribution in [0.4, 0.5) is 0 Å². The van der Waals surface area contributed by atoms with E-state index in [2.05, 4.69) is 5.16 Å². The first kappa shape index (κ1) is 17.7. The lowest BCUT2D eigenvalue weighted by molar-refractivity contribution is -0.129. The monoisotopic (exact) mass is 359 g/mol. The quantitative estimate of drug-likeness (QED) is 0.644. The first-order valence-electron chi connectivity index (χ1n) is 7.26. The Morgan fingerprint density at radius 1 is 1.30 bits per heavy atom. The molecule has 1 aliphatic rings. The lowest BCUT2D eigenvalue weighted by atomic mass is 9.98. The summed E-state index contributed by atoms with van der Waals surface area (Å²) in [4.78, 5) is 16.7. The summed E-state index contributed by atoms with van der Waals surface area (Å²) in [5.41, 5.74) is -0.0942. The fraction of sp³-hybridized carbons (Fsp3) is 0.467. The molecule has 0 atom stereocenters. The molecule has 0 radical (unpaired) electrons. The molecule has 0 aliphatic heterocycles. The lowest BCUT2D eigenvalue weighted by Crippen LogP contribution is -2.19. The van der Waals surface area contributed by atoms with E-state index in [0.29, 0.717) is 0 Å². The molecule has 0 unspecified atom stereocenters. The zero-order valence-electron chi connectivity index (χ0n) is 12.7. The highest BCUT2D eigenvalue weighted by Gasteiger charge is 2.20. The van der Waals surface area contributed by atoms with Gasteiger partial charge in [-0.1, -0.05) is 29.2 Å². The molecule has 0 amide bonds. The highest BCUT2D eigenvalue weighted by atomic mass is 35.5. The minimum Gasteiger partial charge on any atom is -0.476 e. The van der Waals surface area contributed by atoms with Crippen molar-refractivity contribution in [2.24, 2.45) is 5.16 Å². The number of carbonyl (C=O) groups is 1. The van der Waals surface area contributed by atoms with Crippen molar-refractivity contribution in [2.45, 2.75) is 43.1 Å². The summed E-state index contributed by atoms with van der Waals surface area (Å²) in [6, 6.07) is 3.90. The summed E-state index contributed by atoms with van der Waals surface area (Å²) in [6.45, 7) is 0. The van der Waals surface area contributed by atoms with E-state index < -0.39 is 15.8 Å². The minimum atomic E-state index is -3.48. The van der Waals surface area contributed by atoms with Crippen LogP contribution in [0, 0.1) is 0 Å². The van der Waals surface area contributed by atoms with Crippen molar-refractivity contribution >= 4 is 33.1 Å². The molecule has 0 spiro atoms. The molecule has 2 rings (SSSR count). The van der Waals surface area contributed by atoms with Gasteiger partial charge in [0, 0.05) is 11.8 Å². The van der Waals surface area contributed by atoms with Gasteiger partial charge >= 0.3 is 5.97 Å². The van der Waals surface area contributed by atoms with Crippen LogP contribution in [0.2, 0.25) is 5.02 Å². The average Bonchev–Trinajstić information content (AvgIpc) is 2.47. The number of halogens is 1. The molecule has 0 saturated heterocycles. The van der Waals surface area contributed by atoms with E-state index in [1.54, 1.807) is 0 Å². The molecule has 1 saturated carbocycles. The lowest BCUT2D eigenvalue weighted by Gasteiger charge is -2.19. The van der Waals surface area contributed by atoms with Gasteiger partial charge in [0.2, 0.25) is 0 Å². The first-order valence-corrected chi connectivity index (χ1v) is 9.53. The fourth-order valence-electron chi connectivity index (χ4n) is 2.46. The van der Waals surface area contributed by atoms with E-state index in [4.69, 9.17) is 16.4 Å². The highest BCUT2D eigenvalue weighted by Crippen LogP contribution is 2.24. The zero-order valence-corrected chi connectivity index (χ0v) is 14.2. The van der Waals surface area contributed by atoms with Crippen LogP contribution in [0.3, 0.4) is 0 Å². The Morgan fingerprint density at radius 2 is 1.96 bits per heavy atom. The molecule has 8 heteroatoms. The van der Waals surface area contributed by atoms with Gasteiger partial charge in [0.15, 0.2) is 15.5 Å². The fourth-order valence-corrected chi connectivity index (χ4v) is 3.79. The summed E-state index contributed by atoms with van der Waals surface area (Å²) in [5.74, 6) is -1.26. The maximum absolute atomic E-state index is 11.5. The number of rotatable bonds is 5. The minimum absolute atomic E-state index is 0.0448. The van der Waals surface area contributed by atoms with Gasteiger partial charge in [-0.2, -0.15) is 0 Å². The Labute approximate surface area is 140 Å². The van der Waals surface area contributed by atoms with Crippen molar-refractivity contribution in [2.75, 3.05) is 6.26 Å². The predicted octanol–water partition coefficient (Wildman–Crippen LogP) is 2.88. The predicted molar refractivity (Wildman–Crippen MR) is 86.7 cm³/mol. The maximum atomic E-state index is 11.5. The first-order chi connectivity index (χ1) is 10.8. The number of oxime groups is 1. The molecule has 126 valence electrons. The second-order valence-electron chi connectivity index (χ2n) is 5.53. The average molecular weight is 360 g/mol. The van der Waals surface area contributed by atoms with Crippen molar-refractivity contribution in [1.82, 2.24) is 0 Å². The summed E-state index contributed by atoms with van der Waals surface area (Å²) in [7, 11) is -3.48. The van der Waals surface area contributed by atoms with Gasteiger partial charge in [-0.15, -0.1) is 0 Å². The number of hydrogen-bond acceptors (Lipinski definition) is 5. The Bertz CT molecular complexity index is 723. The molecule has 23 heavy (non-hydrogen) atoms. The molecular weight excluding hydrogens is 342 g/mol. The Kier molecular flexibility index (Phi) is 5.64. The third-order valence-corrected chi connectivity index (χ3v) is 5.23. The van der Waals surface area contributed by atoms with Gasteiger partial charge in [0.25, 0.3) is 0 Å². The molecule has 0 bridgehead atoms. The summed E-state index contributed by atoms with van der Waals surface area (Å²) in [6.07, 6.45) is 5.89. The number of nitrogens with zero attached hydrogens (tertiary/aromatic N) is 1. The largest absolute Gasteiger partial charge is 0.476 e. The Morgan fingerprint density at radius 3 is 2.48 bits per heavy atom. The maximum Gasteiger partial charge on any atom is 0.358 e. The standard InChI is InChI=1S/C15H18ClNO5S/c1-23(20,21)13-8-7-10(9-12(13)16)14(15(18)19)17-22-11-5-3-2-4-6-11/h7-9,11H,2-6H2,1H3,(H,18,19)/b17-14-. The number of carboxylic acid groups (broad SMARTS) is 1. The second kappa shape index (κ2) is 7.31.